The first-order chi connectivity index (χ1) is 9.24. The van der Waals surface area contributed by atoms with Crippen molar-refractivity contribution in [3.8, 4) is 0 Å². The third-order valence-electron chi connectivity index (χ3n) is 4.21. The summed E-state index contributed by atoms with van der Waals surface area (Å²) in [5.74, 6) is 0.678. The molecule has 1 amide bonds. The topological polar surface area (TPSA) is 41.1 Å². The van der Waals surface area contributed by atoms with Crippen molar-refractivity contribution < 1.29 is 4.79 Å². The lowest BCUT2D eigenvalue weighted by molar-refractivity contribution is -0.126. The van der Waals surface area contributed by atoms with Crippen molar-refractivity contribution in [2.75, 3.05) is 13.1 Å². The van der Waals surface area contributed by atoms with Gasteiger partial charge in [-0.3, -0.25) is 4.79 Å². The zero-order chi connectivity index (χ0) is 13.2. The zero-order valence-corrected chi connectivity index (χ0v) is 11.5. The van der Waals surface area contributed by atoms with E-state index < -0.39 is 0 Å². The third-order valence-corrected chi connectivity index (χ3v) is 4.21. The summed E-state index contributed by atoms with van der Waals surface area (Å²) in [6.07, 6.45) is 3.36. The number of piperidine rings is 1. The van der Waals surface area contributed by atoms with Gasteiger partial charge in [0.05, 0.1) is 5.92 Å². The van der Waals surface area contributed by atoms with Crippen LogP contribution in [-0.4, -0.2) is 32.9 Å². The van der Waals surface area contributed by atoms with E-state index in [2.05, 4.69) is 42.7 Å². The van der Waals surface area contributed by atoms with Crippen molar-refractivity contribution in [2.24, 2.45) is 5.92 Å². The number of carbonyl (C=O) groups is 1. The summed E-state index contributed by atoms with van der Waals surface area (Å²) in [5.41, 5.74) is 2.59. The summed E-state index contributed by atoms with van der Waals surface area (Å²) < 4.78 is 0. The number of nitrogens with one attached hydrogen (secondary N) is 2. The fourth-order valence-corrected chi connectivity index (χ4v) is 2.97. The minimum Gasteiger partial charge on any atom is -0.353 e. The number of hydrogen-bond acceptors (Lipinski definition) is 2. The molecule has 1 aliphatic carbocycles. The van der Waals surface area contributed by atoms with Crippen LogP contribution >= 0.6 is 0 Å². The first kappa shape index (κ1) is 12.7. The van der Waals surface area contributed by atoms with Crippen molar-refractivity contribution in [1.82, 2.24) is 10.6 Å². The highest BCUT2D eigenvalue weighted by Gasteiger charge is 2.34. The van der Waals surface area contributed by atoms with Crippen molar-refractivity contribution in [3.63, 3.8) is 0 Å². The Morgan fingerprint density at radius 1 is 1.32 bits per heavy atom. The smallest absolute Gasteiger partial charge is 0.225 e. The van der Waals surface area contributed by atoms with Gasteiger partial charge < -0.3 is 10.6 Å². The Kier molecular flexibility index (Phi) is 3.60. The van der Waals surface area contributed by atoms with E-state index in [1.807, 2.05) is 0 Å². The number of hydrogen-bond donors (Lipinski definition) is 2. The van der Waals surface area contributed by atoms with Crippen molar-refractivity contribution in [2.45, 2.75) is 31.2 Å². The summed E-state index contributed by atoms with van der Waals surface area (Å²) >= 11 is 0. The molecule has 0 radical (unpaired) electrons. The van der Waals surface area contributed by atoms with Crippen LogP contribution in [0.15, 0.2) is 24.3 Å². The van der Waals surface area contributed by atoms with Crippen LogP contribution < -0.4 is 16.1 Å². The molecular weight excluding hydrogens is 235 g/mol. The van der Waals surface area contributed by atoms with Gasteiger partial charge in [0.1, 0.15) is 7.85 Å². The van der Waals surface area contributed by atoms with E-state index in [1.165, 1.54) is 11.0 Å². The Labute approximate surface area is 115 Å². The van der Waals surface area contributed by atoms with Crippen LogP contribution in [0.1, 0.15) is 30.7 Å². The normalized spacial score (nSPS) is 26.9. The Hall–Kier alpha value is -1.29. The van der Waals surface area contributed by atoms with Crippen molar-refractivity contribution in [3.05, 3.63) is 29.8 Å². The Morgan fingerprint density at radius 3 is 2.89 bits per heavy atom. The molecule has 0 bridgehead atoms. The molecule has 4 heteroatoms. The van der Waals surface area contributed by atoms with E-state index in [9.17, 15) is 4.79 Å². The average molecular weight is 256 g/mol. The van der Waals surface area contributed by atoms with Gasteiger partial charge in [0, 0.05) is 12.6 Å². The molecule has 100 valence electrons. The molecule has 1 aliphatic heterocycles. The van der Waals surface area contributed by atoms with E-state index in [1.54, 1.807) is 0 Å². The molecule has 1 saturated carbocycles. The maximum absolute atomic E-state index is 12.4. The lowest BCUT2D eigenvalue weighted by Gasteiger charge is -2.31. The molecule has 2 atom stereocenters. The van der Waals surface area contributed by atoms with Crippen molar-refractivity contribution in [1.29, 1.82) is 0 Å². The van der Waals surface area contributed by atoms with Crippen LogP contribution in [-0.2, 0) is 4.79 Å². The van der Waals surface area contributed by atoms with Gasteiger partial charge in [-0.25, -0.2) is 0 Å². The highest BCUT2D eigenvalue weighted by atomic mass is 16.2. The molecule has 2 fully saturated rings. The van der Waals surface area contributed by atoms with E-state index in [0.717, 1.165) is 32.4 Å². The van der Waals surface area contributed by atoms with E-state index in [-0.39, 0.29) is 11.8 Å². The Bertz CT molecular complexity index is 473. The Morgan fingerprint density at radius 2 is 2.16 bits per heavy atom. The lowest BCUT2D eigenvalue weighted by atomic mass is 9.79. The molecule has 0 unspecified atom stereocenters. The van der Waals surface area contributed by atoms with Crippen LogP contribution in [0.5, 0.6) is 0 Å². The molecule has 0 aromatic heterocycles. The quantitative estimate of drug-likeness (QED) is 0.742. The van der Waals surface area contributed by atoms with Gasteiger partial charge >= 0.3 is 0 Å². The van der Waals surface area contributed by atoms with Gasteiger partial charge in [-0.05, 0) is 37.3 Å². The first-order valence-corrected chi connectivity index (χ1v) is 7.31. The second kappa shape index (κ2) is 5.37. The van der Waals surface area contributed by atoms with Gasteiger partial charge in [0.2, 0.25) is 5.91 Å². The molecule has 1 aromatic carbocycles. The first-order valence-electron chi connectivity index (χ1n) is 7.31. The highest BCUT2D eigenvalue weighted by molar-refractivity contribution is 6.32. The van der Waals surface area contributed by atoms with Gasteiger partial charge in [0.25, 0.3) is 0 Å². The standard InChI is InChI=1S/C15H21BN2O/c16-11-3-1-2-10(8-11)13-6-7-17-9-14(13)15(19)18-12-4-5-12/h1-3,8,12-14,17H,4-7,9,16H2,(H,18,19)/t13-,14+/m1/s1. The van der Waals surface area contributed by atoms with E-state index >= 15 is 0 Å². The van der Waals surface area contributed by atoms with Gasteiger partial charge in [-0.1, -0.05) is 29.7 Å². The molecule has 3 nitrogen and oxygen atoms in total. The van der Waals surface area contributed by atoms with Gasteiger partial charge in [-0.15, -0.1) is 0 Å². The largest absolute Gasteiger partial charge is 0.353 e. The average Bonchev–Trinajstić information content (AvgIpc) is 3.23. The number of rotatable bonds is 3. The molecular formula is C15H21BN2O. The summed E-state index contributed by atoms with van der Waals surface area (Å²) in [6.45, 7) is 1.81. The highest BCUT2D eigenvalue weighted by Crippen LogP contribution is 2.31. The third kappa shape index (κ3) is 3.00. The van der Waals surface area contributed by atoms with Crippen molar-refractivity contribution >= 4 is 19.2 Å². The maximum atomic E-state index is 12.4. The lowest BCUT2D eigenvalue weighted by Crippen LogP contribution is -2.45. The van der Waals surface area contributed by atoms with Crippen LogP contribution in [0.25, 0.3) is 0 Å². The monoisotopic (exact) mass is 256 g/mol. The van der Waals surface area contributed by atoms with E-state index in [0.29, 0.717) is 12.0 Å². The molecule has 1 saturated heterocycles. The SMILES string of the molecule is Bc1cccc([C@H]2CCNC[C@@H]2C(=O)NC2CC2)c1. The molecule has 3 rings (SSSR count). The summed E-state index contributed by atoms with van der Waals surface area (Å²) in [4.78, 5) is 12.4. The fraction of sp³-hybridized carbons (Fsp3) is 0.533. The number of amides is 1. The summed E-state index contributed by atoms with van der Waals surface area (Å²) in [5, 5.41) is 6.52. The van der Waals surface area contributed by atoms with E-state index in [4.69, 9.17) is 0 Å². The number of benzene rings is 1. The molecule has 1 heterocycles. The van der Waals surface area contributed by atoms with Crippen LogP contribution in [0.4, 0.5) is 0 Å². The minimum atomic E-state index is 0.0798. The summed E-state index contributed by atoms with van der Waals surface area (Å²) in [7, 11) is 2.11. The molecule has 2 N–H and O–H groups in total. The predicted molar refractivity (Wildman–Crippen MR) is 79.5 cm³/mol. The van der Waals surface area contributed by atoms with Gasteiger partial charge in [-0.2, -0.15) is 0 Å². The van der Waals surface area contributed by atoms with Crippen LogP contribution in [0.2, 0.25) is 0 Å². The zero-order valence-electron chi connectivity index (χ0n) is 11.5. The summed E-state index contributed by atoms with van der Waals surface area (Å²) in [6, 6.07) is 9.06. The van der Waals surface area contributed by atoms with Gasteiger partial charge in [0.15, 0.2) is 0 Å². The van der Waals surface area contributed by atoms with Crippen LogP contribution in [0, 0.1) is 5.92 Å². The van der Waals surface area contributed by atoms with Crippen LogP contribution in [0.3, 0.4) is 0 Å². The second-order valence-electron chi connectivity index (χ2n) is 5.90. The molecule has 2 aliphatic rings. The predicted octanol–water partition coefficient (Wildman–Crippen LogP) is -0.0833. The maximum Gasteiger partial charge on any atom is 0.225 e. The molecule has 0 spiro atoms. The minimum absolute atomic E-state index is 0.0798. The second-order valence-corrected chi connectivity index (χ2v) is 5.90. The Balaban J connectivity index is 1.77. The fourth-order valence-electron chi connectivity index (χ4n) is 2.97. The number of carbonyl (C=O) groups excluding carboxylic acids is 1. The molecule has 1 aromatic rings. The molecule has 19 heavy (non-hydrogen) atoms.